The van der Waals surface area contributed by atoms with Crippen molar-refractivity contribution < 1.29 is 80.2 Å². The van der Waals surface area contributed by atoms with Crippen molar-refractivity contribution in [2.24, 2.45) is 17.8 Å². The molecule has 19 heteroatoms. The maximum absolute atomic E-state index is 13.0. The van der Waals surface area contributed by atoms with Crippen LogP contribution in [0.15, 0.2) is 0 Å². The standard InChI is InChI=1S/C70H136O17P2/c1-8-10-11-12-13-14-16-22-30-37-44-51-67(72)80-58-66(87-70(75)54-47-40-33-26-25-29-36-43-50-63(7)9-2)60-85-89(78,79)83-56-64(71)55-82-88(76,77)84-59-65(57-81-68(73)52-45-38-31-24-19-21-28-35-42-49-62(5)6)86-69(74)53-46-39-32-23-18-15-17-20-27-34-41-48-61(3)4/h61-66,71H,8-60H2,1-7H3,(H,76,77)(H,78,79)/t63?,64-,65-,66-/m1/s1. The van der Waals surface area contributed by atoms with Crippen molar-refractivity contribution in [2.45, 2.75) is 369 Å². The smallest absolute Gasteiger partial charge is 0.462 e. The number of aliphatic hydroxyl groups is 1. The van der Waals surface area contributed by atoms with E-state index in [4.69, 9.17) is 37.0 Å². The predicted octanol–water partition coefficient (Wildman–Crippen LogP) is 19.8. The van der Waals surface area contributed by atoms with Crippen LogP contribution in [0.5, 0.6) is 0 Å². The third-order valence-electron chi connectivity index (χ3n) is 16.5. The summed E-state index contributed by atoms with van der Waals surface area (Å²) in [6, 6.07) is 0. The first-order chi connectivity index (χ1) is 42.8. The highest BCUT2D eigenvalue weighted by atomic mass is 31.2. The van der Waals surface area contributed by atoms with E-state index in [0.717, 1.165) is 108 Å². The van der Waals surface area contributed by atoms with E-state index in [2.05, 4.69) is 48.5 Å². The molecule has 0 bridgehead atoms. The highest BCUT2D eigenvalue weighted by Crippen LogP contribution is 2.45. The summed E-state index contributed by atoms with van der Waals surface area (Å²) < 4.78 is 68.3. The Kier molecular flexibility index (Phi) is 59.6. The largest absolute Gasteiger partial charge is 0.472 e. The average Bonchev–Trinajstić information content (AvgIpc) is 3.69. The molecular weight excluding hydrogens is 1170 g/mol. The number of carbonyl (C=O) groups excluding carboxylic acids is 4. The Morgan fingerprint density at radius 3 is 0.854 bits per heavy atom. The van der Waals surface area contributed by atoms with E-state index in [1.807, 2.05) is 0 Å². The van der Waals surface area contributed by atoms with Crippen LogP contribution in [-0.2, 0) is 65.4 Å². The molecule has 0 rings (SSSR count). The van der Waals surface area contributed by atoms with Crippen molar-refractivity contribution in [1.82, 2.24) is 0 Å². The number of rotatable bonds is 68. The summed E-state index contributed by atoms with van der Waals surface area (Å²) in [5.74, 6) is 0.152. The minimum atomic E-state index is -4.95. The molecular formula is C70H136O17P2. The fraction of sp³-hybridized carbons (Fsp3) is 0.943. The van der Waals surface area contributed by atoms with Gasteiger partial charge in [0.05, 0.1) is 26.4 Å². The molecule has 0 heterocycles. The van der Waals surface area contributed by atoms with Crippen LogP contribution in [0.3, 0.4) is 0 Å². The first kappa shape index (κ1) is 87.1. The van der Waals surface area contributed by atoms with Crippen LogP contribution < -0.4 is 0 Å². The fourth-order valence-corrected chi connectivity index (χ4v) is 12.1. The average molecular weight is 1310 g/mol. The van der Waals surface area contributed by atoms with Gasteiger partial charge in [-0.05, 0) is 43.4 Å². The van der Waals surface area contributed by atoms with Crippen LogP contribution in [0.2, 0.25) is 0 Å². The molecule has 528 valence electrons. The molecule has 0 aromatic carbocycles. The van der Waals surface area contributed by atoms with Crippen LogP contribution in [0.25, 0.3) is 0 Å². The normalized spacial score (nSPS) is 14.5. The van der Waals surface area contributed by atoms with E-state index in [9.17, 15) is 43.2 Å². The van der Waals surface area contributed by atoms with Crippen LogP contribution in [-0.4, -0.2) is 96.7 Å². The Morgan fingerprint density at radius 1 is 0.326 bits per heavy atom. The number of hydrogen-bond donors (Lipinski definition) is 3. The molecule has 0 fully saturated rings. The van der Waals surface area contributed by atoms with Gasteiger partial charge in [0.2, 0.25) is 0 Å². The lowest BCUT2D eigenvalue weighted by molar-refractivity contribution is -0.161. The summed E-state index contributed by atoms with van der Waals surface area (Å²) in [6.07, 6.45) is 44.3. The minimum Gasteiger partial charge on any atom is -0.462 e. The lowest BCUT2D eigenvalue weighted by Crippen LogP contribution is -2.30. The van der Waals surface area contributed by atoms with E-state index in [1.54, 1.807) is 0 Å². The van der Waals surface area contributed by atoms with E-state index in [-0.39, 0.29) is 25.7 Å². The maximum atomic E-state index is 13.0. The predicted molar refractivity (Wildman–Crippen MR) is 358 cm³/mol. The van der Waals surface area contributed by atoms with E-state index < -0.39 is 97.5 Å². The maximum Gasteiger partial charge on any atom is 0.472 e. The van der Waals surface area contributed by atoms with Gasteiger partial charge >= 0.3 is 39.5 Å². The Bertz CT molecular complexity index is 1750. The van der Waals surface area contributed by atoms with Crippen LogP contribution in [0.4, 0.5) is 0 Å². The molecule has 0 aliphatic carbocycles. The van der Waals surface area contributed by atoms with Crippen molar-refractivity contribution in [3.05, 3.63) is 0 Å². The lowest BCUT2D eigenvalue weighted by atomic mass is 9.99. The molecule has 89 heavy (non-hydrogen) atoms. The Hall–Kier alpha value is -1.94. The number of ether oxygens (including phenoxy) is 4. The minimum absolute atomic E-state index is 0.105. The molecule has 0 radical (unpaired) electrons. The zero-order chi connectivity index (χ0) is 65.9. The lowest BCUT2D eigenvalue weighted by Gasteiger charge is -2.21. The SMILES string of the molecule is CCCCCCCCCCCCCC(=O)OC[C@H](COP(=O)(O)OC[C@H](O)COP(=O)(O)OC[C@@H](COC(=O)CCCCCCCCCCCC(C)C)OC(=O)CCCCCCCCCCCCCC(C)C)OC(=O)CCCCCCCCCCC(C)CC. The zero-order valence-corrected chi connectivity index (χ0v) is 59.7. The van der Waals surface area contributed by atoms with E-state index in [0.29, 0.717) is 25.7 Å². The summed E-state index contributed by atoms with van der Waals surface area (Å²) in [6.45, 7) is 11.8. The van der Waals surface area contributed by atoms with Gasteiger partial charge in [0.1, 0.15) is 19.3 Å². The second-order valence-corrected chi connectivity index (χ2v) is 29.4. The third kappa shape index (κ3) is 63.2. The van der Waals surface area contributed by atoms with Crippen molar-refractivity contribution in [1.29, 1.82) is 0 Å². The number of esters is 4. The van der Waals surface area contributed by atoms with Gasteiger partial charge in [-0.2, -0.15) is 0 Å². The molecule has 17 nitrogen and oxygen atoms in total. The van der Waals surface area contributed by atoms with E-state index >= 15 is 0 Å². The van der Waals surface area contributed by atoms with Gasteiger partial charge in [0.15, 0.2) is 12.2 Å². The van der Waals surface area contributed by atoms with Crippen LogP contribution in [0, 0.1) is 17.8 Å². The first-order valence-corrected chi connectivity index (χ1v) is 39.4. The topological polar surface area (TPSA) is 237 Å². The Labute approximate surface area is 543 Å². The van der Waals surface area contributed by atoms with Gasteiger partial charge in [-0.15, -0.1) is 0 Å². The second-order valence-electron chi connectivity index (χ2n) is 26.5. The number of phosphoric ester groups is 2. The van der Waals surface area contributed by atoms with Gasteiger partial charge in [0, 0.05) is 25.7 Å². The summed E-state index contributed by atoms with van der Waals surface area (Å²) in [5.41, 5.74) is 0. The molecule has 0 amide bonds. The van der Waals surface area contributed by atoms with E-state index in [1.165, 1.54) is 161 Å². The van der Waals surface area contributed by atoms with Gasteiger partial charge in [0.25, 0.3) is 0 Å². The second kappa shape index (κ2) is 61.0. The highest BCUT2D eigenvalue weighted by Gasteiger charge is 2.30. The monoisotopic (exact) mass is 1310 g/mol. The summed E-state index contributed by atoms with van der Waals surface area (Å²) >= 11 is 0. The quantitative estimate of drug-likeness (QED) is 0.0222. The zero-order valence-electron chi connectivity index (χ0n) is 57.9. The summed E-state index contributed by atoms with van der Waals surface area (Å²) in [7, 11) is -9.90. The number of hydrogen-bond acceptors (Lipinski definition) is 15. The highest BCUT2D eigenvalue weighted by molar-refractivity contribution is 7.47. The Balaban J connectivity index is 5.27. The molecule has 6 atom stereocenters. The third-order valence-corrected chi connectivity index (χ3v) is 18.4. The van der Waals surface area contributed by atoms with Gasteiger partial charge in [-0.3, -0.25) is 37.3 Å². The number of carbonyl (C=O) groups is 4. The number of unbranched alkanes of at least 4 members (excludes halogenated alkanes) is 35. The van der Waals surface area contributed by atoms with Crippen molar-refractivity contribution in [2.75, 3.05) is 39.6 Å². The molecule has 0 saturated carbocycles. The Morgan fingerprint density at radius 2 is 0.573 bits per heavy atom. The molecule has 0 aromatic heterocycles. The van der Waals surface area contributed by atoms with Gasteiger partial charge in [-0.25, -0.2) is 9.13 Å². The van der Waals surface area contributed by atoms with Crippen molar-refractivity contribution >= 4 is 39.5 Å². The summed E-state index contributed by atoms with van der Waals surface area (Å²) in [4.78, 5) is 72.5. The van der Waals surface area contributed by atoms with Crippen molar-refractivity contribution in [3.8, 4) is 0 Å². The molecule has 3 unspecified atom stereocenters. The molecule has 0 aliphatic rings. The van der Waals surface area contributed by atoms with Crippen molar-refractivity contribution in [3.63, 3.8) is 0 Å². The van der Waals surface area contributed by atoms with Crippen LogP contribution in [0.1, 0.15) is 350 Å². The van der Waals surface area contributed by atoms with Gasteiger partial charge < -0.3 is 33.8 Å². The molecule has 3 N–H and O–H groups in total. The first-order valence-electron chi connectivity index (χ1n) is 36.4. The number of aliphatic hydroxyl groups excluding tert-OH is 1. The van der Waals surface area contributed by atoms with Crippen LogP contribution >= 0.6 is 15.6 Å². The molecule has 0 saturated heterocycles. The number of phosphoric acid groups is 2. The molecule has 0 aromatic rings. The summed E-state index contributed by atoms with van der Waals surface area (Å²) in [5, 5.41) is 10.6. The van der Waals surface area contributed by atoms with Gasteiger partial charge in [-0.1, -0.05) is 299 Å². The molecule has 0 spiro atoms. The molecule has 0 aliphatic heterocycles. The fourth-order valence-electron chi connectivity index (χ4n) is 10.5.